The summed E-state index contributed by atoms with van der Waals surface area (Å²) in [6, 6.07) is 7.54. The molecule has 0 fully saturated rings. The van der Waals surface area contributed by atoms with Gasteiger partial charge in [0.1, 0.15) is 0 Å². The number of anilines is 2. The maximum Gasteiger partial charge on any atom is 0.255 e. The number of methoxy groups -OCH3 is 1. The maximum absolute atomic E-state index is 13.3. The summed E-state index contributed by atoms with van der Waals surface area (Å²) in [5.74, 6) is -0.862. The van der Waals surface area contributed by atoms with E-state index in [0.717, 1.165) is 11.1 Å². The zero-order valence-electron chi connectivity index (χ0n) is 12.2. The van der Waals surface area contributed by atoms with Gasteiger partial charge in [0.05, 0.1) is 18.5 Å². The molecule has 0 saturated heterocycles. The summed E-state index contributed by atoms with van der Waals surface area (Å²) in [5.41, 5.74) is 9.29. The molecule has 0 heterocycles. The largest absolute Gasteiger partial charge is 0.494 e. The lowest BCUT2D eigenvalue weighted by atomic mass is 10.1. The van der Waals surface area contributed by atoms with Crippen molar-refractivity contribution in [1.82, 2.24) is 0 Å². The Labute approximate surface area is 122 Å². The molecule has 0 bridgehead atoms. The number of rotatable bonds is 3. The van der Waals surface area contributed by atoms with E-state index in [1.807, 2.05) is 19.9 Å². The van der Waals surface area contributed by atoms with Gasteiger partial charge < -0.3 is 15.8 Å². The number of ether oxygens (including phenoxy) is 1. The van der Waals surface area contributed by atoms with Crippen molar-refractivity contribution in [2.45, 2.75) is 13.8 Å². The second kappa shape index (κ2) is 5.83. The molecule has 0 aliphatic carbocycles. The zero-order valence-corrected chi connectivity index (χ0v) is 12.2. The van der Waals surface area contributed by atoms with Crippen LogP contribution in [0.25, 0.3) is 0 Å². The minimum absolute atomic E-state index is 0.0238. The Hall–Kier alpha value is -2.56. The van der Waals surface area contributed by atoms with E-state index < -0.39 is 5.82 Å². The number of aryl methyl sites for hydroxylation is 2. The molecule has 0 aliphatic heterocycles. The maximum atomic E-state index is 13.3. The van der Waals surface area contributed by atoms with Crippen molar-refractivity contribution in [1.29, 1.82) is 0 Å². The quantitative estimate of drug-likeness (QED) is 0.852. The Kier molecular flexibility index (Phi) is 4.12. The predicted octanol–water partition coefficient (Wildman–Crippen LogP) is 3.29. The van der Waals surface area contributed by atoms with Gasteiger partial charge in [0.15, 0.2) is 11.6 Å². The van der Waals surface area contributed by atoms with E-state index in [1.165, 1.54) is 25.3 Å². The van der Waals surface area contributed by atoms with Crippen molar-refractivity contribution in [2.75, 3.05) is 18.2 Å². The number of benzene rings is 2. The first-order valence-electron chi connectivity index (χ1n) is 6.44. The third-order valence-electron chi connectivity index (χ3n) is 3.33. The van der Waals surface area contributed by atoms with Crippen molar-refractivity contribution in [3.8, 4) is 5.75 Å². The summed E-state index contributed by atoms with van der Waals surface area (Å²) < 4.78 is 18.2. The van der Waals surface area contributed by atoms with Crippen LogP contribution < -0.4 is 15.8 Å². The molecule has 0 saturated carbocycles. The number of hydrogen-bond acceptors (Lipinski definition) is 3. The third kappa shape index (κ3) is 3.13. The van der Waals surface area contributed by atoms with Gasteiger partial charge in [-0.15, -0.1) is 0 Å². The van der Waals surface area contributed by atoms with Crippen LogP contribution in [0.4, 0.5) is 15.8 Å². The van der Waals surface area contributed by atoms with Crippen molar-refractivity contribution in [3.05, 3.63) is 52.8 Å². The fraction of sp³-hybridized carbons (Fsp3) is 0.188. The number of nitrogens with two attached hydrogens (primary N) is 1. The summed E-state index contributed by atoms with van der Waals surface area (Å²) in [6.07, 6.45) is 0. The van der Waals surface area contributed by atoms with Crippen molar-refractivity contribution < 1.29 is 13.9 Å². The van der Waals surface area contributed by atoms with E-state index in [2.05, 4.69) is 5.32 Å². The number of halogens is 1. The van der Waals surface area contributed by atoms with Gasteiger partial charge in [-0.3, -0.25) is 4.79 Å². The monoisotopic (exact) mass is 288 g/mol. The average Bonchev–Trinajstić information content (AvgIpc) is 2.45. The molecule has 4 nitrogen and oxygen atoms in total. The molecule has 2 aromatic carbocycles. The minimum atomic E-state index is -0.514. The molecule has 0 aliphatic rings. The lowest BCUT2D eigenvalue weighted by Crippen LogP contribution is -2.14. The molecule has 0 spiro atoms. The summed E-state index contributed by atoms with van der Waals surface area (Å²) in [6.45, 7) is 3.88. The standard InChI is InChI=1S/C16H17FN2O2/c1-9-6-13(18)14(7-10(9)2)19-16(20)11-4-5-12(17)15(8-11)21-3/h4-8H,18H2,1-3H3,(H,19,20). The van der Waals surface area contributed by atoms with E-state index >= 15 is 0 Å². The number of carbonyl (C=O) groups excluding carboxylic acids is 1. The summed E-state index contributed by atoms with van der Waals surface area (Å²) >= 11 is 0. The van der Waals surface area contributed by atoms with Gasteiger partial charge in [-0.25, -0.2) is 4.39 Å². The van der Waals surface area contributed by atoms with E-state index in [-0.39, 0.29) is 11.7 Å². The lowest BCUT2D eigenvalue weighted by molar-refractivity contribution is 0.102. The molecule has 2 rings (SSSR count). The molecule has 1 amide bonds. The van der Waals surface area contributed by atoms with E-state index in [0.29, 0.717) is 16.9 Å². The van der Waals surface area contributed by atoms with Gasteiger partial charge in [0.25, 0.3) is 5.91 Å². The van der Waals surface area contributed by atoms with Crippen LogP contribution in [0.15, 0.2) is 30.3 Å². The molecule has 0 unspecified atom stereocenters. The minimum Gasteiger partial charge on any atom is -0.494 e. The topological polar surface area (TPSA) is 64.3 Å². The van der Waals surface area contributed by atoms with Gasteiger partial charge in [0, 0.05) is 5.56 Å². The summed E-state index contributed by atoms with van der Waals surface area (Å²) in [7, 11) is 1.35. The Morgan fingerprint density at radius 2 is 1.86 bits per heavy atom. The number of amides is 1. The summed E-state index contributed by atoms with van der Waals surface area (Å²) in [5, 5.41) is 2.72. The van der Waals surface area contributed by atoms with Crippen LogP contribution >= 0.6 is 0 Å². The van der Waals surface area contributed by atoms with Crippen molar-refractivity contribution >= 4 is 17.3 Å². The average molecular weight is 288 g/mol. The molecule has 0 radical (unpaired) electrons. The van der Waals surface area contributed by atoms with Crippen LogP contribution in [0.1, 0.15) is 21.5 Å². The van der Waals surface area contributed by atoms with Gasteiger partial charge >= 0.3 is 0 Å². The van der Waals surface area contributed by atoms with Gasteiger partial charge in [-0.05, 0) is 55.3 Å². The Bertz CT molecular complexity index is 699. The van der Waals surface area contributed by atoms with Gasteiger partial charge in [-0.2, -0.15) is 0 Å². The van der Waals surface area contributed by atoms with E-state index in [4.69, 9.17) is 10.5 Å². The van der Waals surface area contributed by atoms with Crippen LogP contribution in [-0.2, 0) is 0 Å². The third-order valence-corrected chi connectivity index (χ3v) is 3.33. The molecular weight excluding hydrogens is 271 g/mol. The van der Waals surface area contributed by atoms with Gasteiger partial charge in [0.2, 0.25) is 0 Å². The highest BCUT2D eigenvalue weighted by Crippen LogP contribution is 2.24. The second-order valence-electron chi connectivity index (χ2n) is 4.83. The van der Waals surface area contributed by atoms with Crippen LogP contribution in [0.3, 0.4) is 0 Å². The van der Waals surface area contributed by atoms with E-state index in [1.54, 1.807) is 6.07 Å². The molecule has 2 aromatic rings. The highest BCUT2D eigenvalue weighted by Gasteiger charge is 2.12. The number of nitrogens with one attached hydrogen (secondary N) is 1. The van der Waals surface area contributed by atoms with Crippen LogP contribution in [0.2, 0.25) is 0 Å². The Morgan fingerprint density at radius 3 is 2.52 bits per heavy atom. The van der Waals surface area contributed by atoms with Crippen LogP contribution in [0, 0.1) is 19.7 Å². The number of hydrogen-bond donors (Lipinski definition) is 2. The number of nitrogen functional groups attached to an aromatic ring is 1. The molecule has 0 atom stereocenters. The summed E-state index contributed by atoms with van der Waals surface area (Å²) in [4.78, 5) is 12.2. The molecule has 5 heteroatoms. The van der Waals surface area contributed by atoms with Crippen molar-refractivity contribution in [3.63, 3.8) is 0 Å². The number of carbonyl (C=O) groups is 1. The SMILES string of the molecule is COc1cc(C(=O)Nc2cc(C)c(C)cc2N)ccc1F. The molecule has 3 N–H and O–H groups in total. The molecule has 21 heavy (non-hydrogen) atoms. The predicted molar refractivity (Wildman–Crippen MR) is 81.2 cm³/mol. The lowest BCUT2D eigenvalue weighted by Gasteiger charge is -2.12. The van der Waals surface area contributed by atoms with Crippen LogP contribution in [0.5, 0.6) is 5.75 Å². The zero-order chi connectivity index (χ0) is 15.6. The molecule has 110 valence electrons. The first-order chi connectivity index (χ1) is 9.92. The molecular formula is C16H17FN2O2. The normalized spacial score (nSPS) is 10.3. The Morgan fingerprint density at radius 1 is 1.19 bits per heavy atom. The highest BCUT2D eigenvalue weighted by atomic mass is 19.1. The fourth-order valence-corrected chi connectivity index (χ4v) is 1.94. The van der Waals surface area contributed by atoms with Crippen LogP contribution in [-0.4, -0.2) is 13.0 Å². The smallest absolute Gasteiger partial charge is 0.255 e. The first-order valence-corrected chi connectivity index (χ1v) is 6.44. The fourth-order valence-electron chi connectivity index (χ4n) is 1.94. The highest BCUT2D eigenvalue weighted by molar-refractivity contribution is 6.06. The Balaban J connectivity index is 2.28. The molecule has 0 aromatic heterocycles. The second-order valence-corrected chi connectivity index (χ2v) is 4.83. The van der Waals surface area contributed by atoms with Gasteiger partial charge in [-0.1, -0.05) is 0 Å². The first kappa shape index (κ1) is 14.8. The van der Waals surface area contributed by atoms with E-state index in [9.17, 15) is 9.18 Å². The van der Waals surface area contributed by atoms with Crippen molar-refractivity contribution in [2.24, 2.45) is 0 Å².